The molecule has 10 heteroatoms. The standard InChI is InChI=1S/C26H30N4O6/c1-4-29(5-2)15-16-36-25(33)18-7-9-19(10-8-18)27-17-22-23(31)28-26(34)30(24(22)32)20-11-13-21(14-12-20)35-6-3/h7-14,17,32H,4-6,15-16H2,1-3H3,(H,28,31,34). The molecule has 0 atom stereocenters. The van der Waals surface area contributed by atoms with Crippen molar-refractivity contribution < 1.29 is 19.4 Å². The molecule has 0 aliphatic heterocycles. The second-order valence-corrected chi connectivity index (χ2v) is 7.73. The summed E-state index contributed by atoms with van der Waals surface area (Å²) in [4.78, 5) is 45.5. The average molecular weight is 495 g/mol. The van der Waals surface area contributed by atoms with Gasteiger partial charge in [-0.15, -0.1) is 0 Å². The summed E-state index contributed by atoms with van der Waals surface area (Å²) in [7, 11) is 0. The smallest absolute Gasteiger partial charge is 0.338 e. The Balaban J connectivity index is 1.76. The first-order chi connectivity index (χ1) is 17.4. The fraction of sp³-hybridized carbons (Fsp3) is 0.308. The number of rotatable bonds is 11. The highest BCUT2D eigenvalue weighted by molar-refractivity contribution is 5.90. The Morgan fingerprint density at radius 2 is 1.72 bits per heavy atom. The van der Waals surface area contributed by atoms with Crippen LogP contribution in [0.3, 0.4) is 0 Å². The molecule has 0 unspecified atom stereocenters. The first-order valence-corrected chi connectivity index (χ1v) is 11.7. The maximum absolute atomic E-state index is 12.4. The van der Waals surface area contributed by atoms with E-state index in [0.717, 1.165) is 23.9 Å². The highest BCUT2D eigenvalue weighted by Crippen LogP contribution is 2.20. The molecule has 36 heavy (non-hydrogen) atoms. The zero-order chi connectivity index (χ0) is 26.1. The van der Waals surface area contributed by atoms with E-state index in [0.29, 0.717) is 42.4 Å². The van der Waals surface area contributed by atoms with E-state index in [4.69, 9.17) is 9.47 Å². The molecule has 2 aromatic carbocycles. The molecule has 0 saturated carbocycles. The zero-order valence-corrected chi connectivity index (χ0v) is 20.6. The van der Waals surface area contributed by atoms with E-state index in [1.54, 1.807) is 48.5 Å². The highest BCUT2D eigenvalue weighted by Gasteiger charge is 2.14. The third kappa shape index (κ3) is 6.48. The number of hydrogen-bond acceptors (Lipinski definition) is 8. The summed E-state index contributed by atoms with van der Waals surface area (Å²) in [5, 5.41) is 10.7. The van der Waals surface area contributed by atoms with Crippen LogP contribution in [0.2, 0.25) is 0 Å². The Labute approximate surface area is 208 Å². The van der Waals surface area contributed by atoms with Crippen LogP contribution in [0.5, 0.6) is 11.6 Å². The number of aliphatic imine (C=N–C) groups is 1. The minimum Gasteiger partial charge on any atom is -0.494 e. The predicted molar refractivity (Wildman–Crippen MR) is 137 cm³/mol. The first-order valence-electron chi connectivity index (χ1n) is 11.7. The van der Waals surface area contributed by atoms with Crippen molar-refractivity contribution in [1.29, 1.82) is 0 Å². The molecule has 0 saturated heterocycles. The lowest BCUT2D eigenvalue weighted by atomic mass is 10.2. The number of carbonyl (C=O) groups is 1. The van der Waals surface area contributed by atoms with Gasteiger partial charge in [0.1, 0.15) is 17.9 Å². The Hall–Kier alpha value is -4.18. The second kappa shape index (κ2) is 12.5. The molecular formula is C26H30N4O6. The number of aromatic amines is 1. The summed E-state index contributed by atoms with van der Waals surface area (Å²) in [6.07, 6.45) is 1.16. The lowest BCUT2D eigenvalue weighted by molar-refractivity contribution is 0.0466. The zero-order valence-electron chi connectivity index (χ0n) is 20.6. The van der Waals surface area contributed by atoms with Crippen molar-refractivity contribution >= 4 is 17.9 Å². The van der Waals surface area contributed by atoms with Crippen molar-refractivity contribution in [2.75, 3.05) is 32.8 Å². The number of hydrogen-bond donors (Lipinski definition) is 2. The summed E-state index contributed by atoms with van der Waals surface area (Å²) in [6, 6.07) is 12.8. The third-order valence-electron chi connectivity index (χ3n) is 5.51. The summed E-state index contributed by atoms with van der Waals surface area (Å²) < 4.78 is 11.7. The number of esters is 1. The van der Waals surface area contributed by atoms with Gasteiger partial charge in [-0.1, -0.05) is 13.8 Å². The van der Waals surface area contributed by atoms with E-state index in [1.807, 2.05) is 20.8 Å². The maximum atomic E-state index is 12.4. The minimum absolute atomic E-state index is 0.191. The summed E-state index contributed by atoms with van der Waals surface area (Å²) >= 11 is 0. The van der Waals surface area contributed by atoms with Gasteiger partial charge in [-0.25, -0.2) is 14.2 Å². The SMILES string of the molecule is CCOc1ccc(-n2c(O)c(C=Nc3ccc(C(=O)OCCN(CC)CC)cc3)c(=O)[nH]c2=O)cc1. The van der Waals surface area contributed by atoms with E-state index < -0.39 is 23.1 Å². The molecule has 10 nitrogen and oxygen atoms in total. The largest absolute Gasteiger partial charge is 0.494 e. The Kier molecular flexibility index (Phi) is 9.18. The Morgan fingerprint density at radius 3 is 2.33 bits per heavy atom. The number of nitrogens with zero attached hydrogens (tertiary/aromatic N) is 3. The number of ether oxygens (including phenoxy) is 2. The van der Waals surface area contributed by atoms with Crippen LogP contribution in [0.1, 0.15) is 36.7 Å². The van der Waals surface area contributed by atoms with Gasteiger partial charge in [0.2, 0.25) is 5.88 Å². The van der Waals surface area contributed by atoms with E-state index in [1.165, 1.54) is 0 Å². The van der Waals surface area contributed by atoms with Crippen molar-refractivity contribution in [2.45, 2.75) is 20.8 Å². The molecule has 2 N–H and O–H groups in total. The van der Waals surface area contributed by atoms with Crippen molar-refractivity contribution in [2.24, 2.45) is 4.99 Å². The first kappa shape index (κ1) is 26.4. The number of benzene rings is 2. The van der Waals surface area contributed by atoms with Gasteiger partial charge in [0, 0.05) is 12.8 Å². The lowest BCUT2D eigenvalue weighted by Gasteiger charge is -2.17. The van der Waals surface area contributed by atoms with Crippen LogP contribution in [0.15, 0.2) is 63.1 Å². The van der Waals surface area contributed by atoms with E-state index in [2.05, 4.69) is 14.9 Å². The predicted octanol–water partition coefficient (Wildman–Crippen LogP) is 2.88. The lowest BCUT2D eigenvalue weighted by Crippen LogP contribution is -2.31. The van der Waals surface area contributed by atoms with Crippen molar-refractivity contribution in [3.63, 3.8) is 0 Å². The molecular weight excluding hydrogens is 464 g/mol. The van der Waals surface area contributed by atoms with Gasteiger partial charge < -0.3 is 19.5 Å². The van der Waals surface area contributed by atoms with Gasteiger partial charge in [-0.2, -0.15) is 0 Å². The fourth-order valence-electron chi connectivity index (χ4n) is 3.47. The van der Waals surface area contributed by atoms with Crippen LogP contribution in [0.25, 0.3) is 5.69 Å². The quantitative estimate of drug-likeness (QED) is 0.310. The number of nitrogens with one attached hydrogen (secondary N) is 1. The summed E-state index contributed by atoms with van der Waals surface area (Å²) in [5.41, 5.74) is -0.607. The highest BCUT2D eigenvalue weighted by atomic mass is 16.5. The van der Waals surface area contributed by atoms with Crippen LogP contribution in [0, 0.1) is 0 Å². The molecule has 3 aromatic rings. The fourth-order valence-corrected chi connectivity index (χ4v) is 3.47. The van der Waals surface area contributed by atoms with Gasteiger partial charge >= 0.3 is 11.7 Å². The molecule has 190 valence electrons. The summed E-state index contributed by atoms with van der Waals surface area (Å²) in [6.45, 7) is 9.17. The molecule has 0 spiro atoms. The normalized spacial score (nSPS) is 11.2. The van der Waals surface area contributed by atoms with Crippen molar-refractivity contribution in [1.82, 2.24) is 14.5 Å². The van der Waals surface area contributed by atoms with Gasteiger partial charge in [0.15, 0.2) is 0 Å². The van der Waals surface area contributed by atoms with Crippen LogP contribution in [0.4, 0.5) is 5.69 Å². The van der Waals surface area contributed by atoms with Crippen LogP contribution < -0.4 is 16.0 Å². The monoisotopic (exact) mass is 494 g/mol. The van der Waals surface area contributed by atoms with Gasteiger partial charge in [0.05, 0.1) is 23.5 Å². The van der Waals surface area contributed by atoms with Crippen LogP contribution >= 0.6 is 0 Å². The maximum Gasteiger partial charge on any atom is 0.338 e. The Morgan fingerprint density at radius 1 is 1.06 bits per heavy atom. The minimum atomic E-state index is -0.789. The topological polar surface area (TPSA) is 126 Å². The summed E-state index contributed by atoms with van der Waals surface area (Å²) in [5.74, 6) is -0.379. The van der Waals surface area contributed by atoms with Crippen LogP contribution in [-0.2, 0) is 4.74 Å². The van der Waals surface area contributed by atoms with Gasteiger partial charge in [0.25, 0.3) is 5.56 Å². The Bertz CT molecular complexity index is 1310. The molecule has 0 aliphatic carbocycles. The van der Waals surface area contributed by atoms with E-state index in [9.17, 15) is 19.5 Å². The van der Waals surface area contributed by atoms with Crippen molar-refractivity contribution in [3.05, 3.63) is 80.5 Å². The van der Waals surface area contributed by atoms with Crippen LogP contribution in [-0.4, -0.2) is 64.6 Å². The molecule has 0 bridgehead atoms. The average Bonchev–Trinajstić information content (AvgIpc) is 2.87. The molecule has 3 rings (SSSR count). The molecule has 0 radical (unpaired) electrons. The molecule has 0 fully saturated rings. The number of carbonyl (C=O) groups excluding carboxylic acids is 1. The third-order valence-corrected chi connectivity index (χ3v) is 5.51. The van der Waals surface area contributed by atoms with Gasteiger partial charge in [-0.3, -0.25) is 14.8 Å². The number of aromatic nitrogens is 2. The molecule has 1 aromatic heterocycles. The molecule has 0 aliphatic rings. The molecule has 0 amide bonds. The van der Waals surface area contributed by atoms with E-state index in [-0.39, 0.29) is 5.56 Å². The second-order valence-electron chi connectivity index (χ2n) is 7.73. The number of aromatic hydroxyl groups is 1. The number of H-pyrrole nitrogens is 1. The molecule has 1 heterocycles. The van der Waals surface area contributed by atoms with Gasteiger partial charge in [-0.05, 0) is 68.5 Å². The van der Waals surface area contributed by atoms with Crippen molar-refractivity contribution in [3.8, 4) is 17.3 Å². The van der Waals surface area contributed by atoms with E-state index >= 15 is 0 Å². The number of likely N-dealkylation sites (N-methyl/N-ethyl adjacent to an activating group) is 1.